The van der Waals surface area contributed by atoms with Gasteiger partial charge in [0.25, 0.3) is 0 Å². The third-order valence-corrected chi connectivity index (χ3v) is 2.56. The molecule has 1 aromatic rings. The van der Waals surface area contributed by atoms with Gasteiger partial charge in [-0.15, -0.1) is 0 Å². The van der Waals surface area contributed by atoms with E-state index >= 15 is 0 Å². The summed E-state index contributed by atoms with van der Waals surface area (Å²) < 4.78 is 37.2. The predicted octanol–water partition coefficient (Wildman–Crippen LogP) is 1.95. The molecular weight excluding hydrogens is 229 g/mol. The Labute approximate surface area is 88.3 Å². The Kier molecular flexibility index (Phi) is 3.56. The molecule has 0 radical (unpaired) electrons. The van der Waals surface area contributed by atoms with Gasteiger partial charge >= 0.3 is 11.0 Å². The lowest BCUT2D eigenvalue weighted by atomic mass is 10.3. The van der Waals surface area contributed by atoms with E-state index in [2.05, 4.69) is 5.32 Å². The lowest BCUT2D eigenvalue weighted by Crippen LogP contribution is -2.23. The van der Waals surface area contributed by atoms with Crippen LogP contribution in [0.5, 0.6) is 0 Å². The van der Waals surface area contributed by atoms with Crippen molar-refractivity contribution in [3.05, 3.63) is 20.2 Å². The number of rotatable bonds is 3. The number of H-pyrrole nitrogens is 1. The van der Waals surface area contributed by atoms with Gasteiger partial charge in [-0.05, 0) is 0 Å². The van der Waals surface area contributed by atoms with Gasteiger partial charge in [-0.2, -0.15) is 13.2 Å². The highest BCUT2D eigenvalue weighted by atomic mass is 32.1. The highest BCUT2D eigenvalue weighted by Gasteiger charge is 2.36. The molecule has 0 fully saturated rings. The van der Waals surface area contributed by atoms with Crippen LogP contribution in [-0.2, 0) is 12.7 Å². The summed E-state index contributed by atoms with van der Waals surface area (Å²) in [4.78, 5) is 12.0. The number of aromatic amines is 1. The van der Waals surface area contributed by atoms with Crippen LogP contribution in [0.15, 0.2) is 4.79 Å². The fourth-order valence-electron chi connectivity index (χ4n) is 1.01. The van der Waals surface area contributed by atoms with Crippen molar-refractivity contribution >= 4 is 11.3 Å². The largest absolute Gasteiger partial charge is 0.432 e. The molecule has 0 saturated carbocycles. The first-order chi connectivity index (χ1) is 6.80. The number of nitrogens with one attached hydrogen (secondary N) is 2. The Morgan fingerprint density at radius 3 is 2.53 bits per heavy atom. The molecule has 2 N–H and O–H groups in total. The zero-order valence-corrected chi connectivity index (χ0v) is 9.05. The summed E-state index contributed by atoms with van der Waals surface area (Å²) in [5.41, 5.74) is -0.939. The third-order valence-electron chi connectivity index (χ3n) is 1.68. The summed E-state index contributed by atoms with van der Waals surface area (Å²) in [6.45, 7) is 3.70. The monoisotopic (exact) mass is 240 g/mol. The molecule has 0 unspecified atom stereocenters. The van der Waals surface area contributed by atoms with Crippen LogP contribution in [0.25, 0.3) is 0 Å². The van der Waals surface area contributed by atoms with Crippen LogP contribution in [0.1, 0.15) is 24.4 Å². The molecule has 0 bridgehead atoms. The van der Waals surface area contributed by atoms with Crippen molar-refractivity contribution in [3.8, 4) is 0 Å². The smallest absolute Gasteiger partial charge is 0.310 e. The Bertz CT molecular complexity index is 380. The summed E-state index contributed by atoms with van der Waals surface area (Å²) in [6, 6.07) is 0.0725. The molecule has 0 amide bonds. The highest BCUT2D eigenvalue weighted by Crippen LogP contribution is 2.31. The van der Waals surface area contributed by atoms with E-state index in [1.807, 2.05) is 13.8 Å². The fourth-order valence-corrected chi connectivity index (χ4v) is 1.81. The van der Waals surface area contributed by atoms with Gasteiger partial charge in [-0.25, -0.2) is 0 Å². The van der Waals surface area contributed by atoms with Gasteiger partial charge in [0.1, 0.15) is 5.69 Å². The topological polar surface area (TPSA) is 44.9 Å². The molecule has 0 atom stereocenters. The Hall–Kier alpha value is -0.820. The summed E-state index contributed by atoms with van der Waals surface area (Å²) >= 11 is 0.590. The van der Waals surface area contributed by atoms with E-state index in [1.54, 1.807) is 4.98 Å². The van der Waals surface area contributed by atoms with Gasteiger partial charge < -0.3 is 10.3 Å². The average Bonchev–Trinajstić information content (AvgIpc) is 2.42. The number of aromatic nitrogens is 1. The quantitative estimate of drug-likeness (QED) is 0.848. The second-order valence-corrected chi connectivity index (χ2v) is 4.41. The third kappa shape index (κ3) is 3.35. The molecule has 0 saturated heterocycles. The molecule has 0 spiro atoms. The maximum atomic E-state index is 12.4. The number of hydrogen-bond donors (Lipinski definition) is 2. The molecule has 1 heterocycles. The van der Waals surface area contributed by atoms with Crippen LogP contribution in [-0.4, -0.2) is 11.0 Å². The molecule has 7 heteroatoms. The van der Waals surface area contributed by atoms with Crippen LogP contribution >= 0.6 is 11.3 Å². The van der Waals surface area contributed by atoms with Crippen LogP contribution in [0.2, 0.25) is 0 Å². The first-order valence-corrected chi connectivity index (χ1v) is 5.15. The molecule has 1 aromatic heterocycles. The summed E-state index contributed by atoms with van der Waals surface area (Å²) in [5.74, 6) is 0. The zero-order valence-electron chi connectivity index (χ0n) is 8.23. The Balaban J connectivity index is 2.92. The molecule has 0 aliphatic heterocycles. The second kappa shape index (κ2) is 4.36. The predicted molar refractivity (Wildman–Crippen MR) is 51.9 cm³/mol. The Morgan fingerprint density at radius 2 is 2.07 bits per heavy atom. The summed E-state index contributed by atoms with van der Waals surface area (Å²) in [5, 5.41) is 2.84. The molecule has 3 nitrogen and oxygen atoms in total. The SMILES string of the molecule is CC(C)NCc1sc(=O)[nH]c1C(F)(F)F. The lowest BCUT2D eigenvalue weighted by Gasteiger charge is -2.09. The first kappa shape index (κ1) is 12.3. The van der Waals surface area contributed by atoms with Crippen LogP contribution in [0, 0.1) is 0 Å². The maximum absolute atomic E-state index is 12.4. The number of alkyl halides is 3. The average molecular weight is 240 g/mol. The number of halogens is 3. The molecule has 0 aliphatic carbocycles. The molecule has 0 aliphatic rings. The lowest BCUT2D eigenvalue weighted by molar-refractivity contribution is -0.141. The van der Waals surface area contributed by atoms with Crippen molar-refractivity contribution in [2.75, 3.05) is 0 Å². The van der Waals surface area contributed by atoms with Crippen molar-refractivity contribution in [2.24, 2.45) is 0 Å². The summed E-state index contributed by atoms with van der Waals surface area (Å²) in [6.07, 6.45) is -4.49. The van der Waals surface area contributed by atoms with E-state index in [0.29, 0.717) is 11.3 Å². The number of thiazole rings is 1. The molecular formula is C8H11F3N2OS. The zero-order chi connectivity index (χ0) is 11.6. The molecule has 86 valence electrons. The van der Waals surface area contributed by atoms with E-state index in [-0.39, 0.29) is 17.5 Å². The van der Waals surface area contributed by atoms with Crippen LogP contribution < -0.4 is 10.2 Å². The standard InChI is InChI=1S/C8H11F3N2OS/c1-4(2)12-3-5-6(8(9,10)11)13-7(14)15-5/h4,12H,3H2,1-2H3,(H,13,14). The highest BCUT2D eigenvalue weighted by molar-refractivity contribution is 7.09. The van der Waals surface area contributed by atoms with Gasteiger partial charge in [-0.1, -0.05) is 25.2 Å². The van der Waals surface area contributed by atoms with Gasteiger partial charge in [-0.3, -0.25) is 4.79 Å². The number of hydrogen-bond acceptors (Lipinski definition) is 3. The van der Waals surface area contributed by atoms with Gasteiger partial charge in [0.15, 0.2) is 0 Å². The van der Waals surface area contributed by atoms with Crippen molar-refractivity contribution in [2.45, 2.75) is 32.6 Å². The van der Waals surface area contributed by atoms with Gasteiger partial charge in [0, 0.05) is 12.6 Å². The van der Waals surface area contributed by atoms with Crippen molar-refractivity contribution in [1.29, 1.82) is 0 Å². The fraction of sp³-hybridized carbons (Fsp3) is 0.625. The second-order valence-electron chi connectivity index (χ2n) is 3.35. The maximum Gasteiger partial charge on any atom is 0.432 e. The Morgan fingerprint density at radius 1 is 1.47 bits per heavy atom. The van der Waals surface area contributed by atoms with E-state index in [0.717, 1.165) is 0 Å². The van der Waals surface area contributed by atoms with Crippen molar-refractivity contribution in [1.82, 2.24) is 10.3 Å². The molecule has 0 aromatic carbocycles. The van der Waals surface area contributed by atoms with E-state index in [4.69, 9.17) is 0 Å². The van der Waals surface area contributed by atoms with E-state index in [9.17, 15) is 18.0 Å². The van der Waals surface area contributed by atoms with Crippen molar-refractivity contribution in [3.63, 3.8) is 0 Å². The molecule has 15 heavy (non-hydrogen) atoms. The van der Waals surface area contributed by atoms with Crippen LogP contribution in [0.4, 0.5) is 13.2 Å². The summed E-state index contributed by atoms with van der Waals surface area (Å²) in [7, 11) is 0. The molecule has 1 rings (SSSR count). The van der Waals surface area contributed by atoms with Crippen LogP contribution in [0.3, 0.4) is 0 Å². The van der Waals surface area contributed by atoms with E-state index in [1.165, 1.54) is 0 Å². The first-order valence-electron chi connectivity index (χ1n) is 4.33. The van der Waals surface area contributed by atoms with E-state index < -0.39 is 16.7 Å². The van der Waals surface area contributed by atoms with Crippen molar-refractivity contribution < 1.29 is 13.2 Å². The minimum Gasteiger partial charge on any atom is -0.310 e. The minimum absolute atomic E-state index is 0.00111. The van der Waals surface area contributed by atoms with Gasteiger partial charge in [0.05, 0.1) is 4.88 Å². The normalized spacial score (nSPS) is 12.4. The minimum atomic E-state index is -4.49. The van der Waals surface area contributed by atoms with Gasteiger partial charge in [0.2, 0.25) is 0 Å².